The van der Waals surface area contributed by atoms with Gasteiger partial charge in [0.05, 0.1) is 53.7 Å². The van der Waals surface area contributed by atoms with Crippen molar-refractivity contribution in [1.82, 2.24) is 55.4 Å². The third kappa shape index (κ3) is 17.4. The summed E-state index contributed by atoms with van der Waals surface area (Å²) in [6.07, 6.45) is 7.93. The fourth-order valence-corrected chi connectivity index (χ4v) is 12.3. The van der Waals surface area contributed by atoms with E-state index in [1.54, 1.807) is 19.3 Å². The first-order valence-electron chi connectivity index (χ1n) is 32.5. The standard InChI is InChI=1S/C24H22ClN5O3.C22H19ClN6O3.C17H16ClN3O.C8H10N2O5S/c1-2-32-23(31)16-14-26-24(27-15-16)30-11-9-29(10-12-30)22-18-13-17(25)7-8-20(18)33-21-6-4-3-5-19(21)28-22;23-15-5-6-18-16(11-15)20(26-17-3-1-2-4-19(17)32-18)28-7-9-29(10-8-28)22-24-12-14(13-25-22)21(30)27-31;18-12-5-6-15-13(11-12)17(21-9-7-19-8-10-21)20-14-3-1-2-4-16(14)22-15;1-3-15-7(11)6-4-9-8(10-5-6)16(12,13)14-2/h3-8,13-15H,2,9-12H2,1H3;1-6,11-13,31H,7-10H2,(H,27,30);1-6,11,19H,7-10H2;4-5H,3H2,1-2H3. The van der Waals surface area contributed by atoms with Gasteiger partial charge in [0.15, 0.2) is 17.2 Å². The number of aliphatic imine (C=N–C) groups is 3. The fourth-order valence-electron chi connectivity index (χ4n) is 11.2. The maximum absolute atomic E-state index is 11.8. The van der Waals surface area contributed by atoms with Gasteiger partial charge in [-0.1, -0.05) is 71.2 Å². The van der Waals surface area contributed by atoms with Gasteiger partial charge in [-0.15, -0.1) is 0 Å². The van der Waals surface area contributed by atoms with E-state index >= 15 is 0 Å². The van der Waals surface area contributed by atoms with E-state index in [9.17, 15) is 22.8 Å². The van der Waals surface area contributed by atoms with Crippen LogP contribution in [0.2, 0.25) is 15.1 Å². The summed E-state index contributed by atoms with van der Waals surface area (Å²) in [5.74, 6) is 6.43. The van der Waals surface area contributed by atoms with Crippen LogP contribution in [0.1, 0.15) is 61.6 Å². The van der Waals surface area contributed by atoms with Crippen LogP contribution in [-0.4, -0.2) is 192 Å². The molecule has 0 unspecified atom stereocenters. The number of hydrogen-bond donors (Lipinski definition) is 3. The van der Waals surface area contributed by atoms with Crippen molar-refractivity contribution in [2.24, 2.45) is 15.0 Å². The van der Waals surface area contributed by atoms with Crippen molar-refractivity contribution in [1.29, 1.82) is 0 Å². The van der Waals surface area contributed by atoms with Gasteiger partial charge in [-0.25, -0.2) is 60.0 Å². The topological polar surface area (TPSA) is 316 Å². The maximum atomic E-state index is 11.8. The summed E-state index contributed by atoms with van der Waals surface area (Å²) >= 11 is 18.8. The predicted octanol–water partition coefficient (Wildman–Crippen LogP) is 11.0. The molecule has 9 aromatic rings. The molecule has 3 fully saturated rings. The lowest BCUT2D eigenvalue weighted by atomic mass is 10.1. The molecule has 0 aliphatic carbocycles. The number of nitrogens with one attached hydrogen (secondary N) is 2. The van der Waals surface area contributed by atoms with Gasteiger partial charge in [0.25, 0.3) is 11.1 Å². The Hall–Kier alpha value is -10.9. The monoisotopic (exact) mass is 1470 g/mol. The highest BCUT2D eigenvalue weighted by molar-refractivity contribution is 7.86. The third-order valence-electron chi connectivity index (χ3n) is 16.4. The molecule has 0 spiro atoms. The van der Waals surface area contributed by atoms with Crippen molar-refractivity contribution < 1.29 is 55.9 Å². The van der Waals surface area contributed by atoms with Crippen LogP contribution in [0, 0.1) is 0 Å². The number of piperazine rings is 3. The fraction of sp³-hybridized carbons (Fsp3) is 0.239. The zero-order valence-corrected chi connectivity index (χ0v) is 58.8. The quantitative estimate of drug-likeness (QED) is 0.0397. The molecule has 530 valence electrons. The molecule has 3 aromatic heterocycles. The number of benzene rings is 6. The largest absolute Gasteiger partial charge is 0.462 e. The van der Waals surface area contributed by atoms with Gasteiger partial charge >= 0.3 is 22.1 Å². The smallest absolute Gasteiger partial charge is 0.341 e. The minimum atomic E-state index is -3.93. The third-order valence-corrected chi connectivity index (χ3v) is 18.2. The van der Waals surface area contributed by atoms with Crippen molar-refractivity contribution in [3.63, 3.8) is 0 Å². The van der Waals surface area contributed by atoms with Gasteiger partial charge in [-0.2, -0.15) is 8.42 Å². The summed E-state index contributed by atoms with van der Waals surface area (Å²) in [6.45, 7) is 13.3. The summed E-state index contributed by atoms with van der Waals surface area (Å²) in [4.78, 5) is 84.3. The SMILES string of the molecule is CCOC(=O)c1cnc(N2CCN(C3=Nc4ccccc4Oc4ccc(Cl)cc43)CC2)nc1.CCOC(=O)c1cnc(S(=O)(=O)OC)nc1.Clc1ccc2c(c1)C(N1CCNCC1)=Nc1ccccc1O2.O=C(NO)c1cnc(N2CCN(C3=Nc4ccccc4Oc4ccc(Cl)cc43)CC2)nc1. The molecule has 0 atom stereocenters. The molecule has 6 aliphatic heterocycles. The lowest BCUT2D eigenvalue weighted by molar-refractivity contribution is 0.0515. The number of hydrogen-bond acceptors (Lipinski definition) is 27. The van der Waals surface area contributed by atoms with E-state index in [1.165, 1.54) is 24.8 Å². The number of anilines is 2. The van der Waals surface area contributed by atoms with Crippen LogP contribution < -0.4 is 34.8 Å². The second-order valence-corrected chi connectivity index (χ2v) is 25.8. The normalized spacial score (nSPS) is 14.9. The minimum absolute atomic E-state index is 0.0805. The van der Waals surface area contributed by atoms with Gasteiger partial charge in [0.1, 0.15) is 51.8 Å². The van der Waals surface area contributed by atoms with Gasteiger partial charge in [0.2, 0.25) is 11.9 Å². The first-order valence-corrected chi connectivity index (χ1v) is 35.1. The van der Waals surface area contributed by atoms with Crippen LogP contribution in [-0.2, 0) is 23.8 Å². The number of para-hydroxylation sites is 6. The highest BCUT2D eigenvalue weighted by atomic mass is 35.5. The molecule has 0 bridgehead atoms. The maximum Gasteiger partial charge on any atom is 0.341 e. The van der Waals surface area contributed by atoms with Crippen LogP contribution in [0.3, 0.4) is 0 Å². The van der Waals surface area contributed by atoms with Crippen LogP contribution in [0.4, 0.5) is 29.0 Å². The molecular formula is C71H67Cl3N16O12S. The first-order chi connectivity index (χ1) is 50.1. The number of amides is 1. The molecule has 3 saturated heterocycles. The highest BCUT2D eigenvalue weighted by Crippen LogP contribution is 2.42. The molecular weight excluding hydrogens is 1410 g/mol. The van der Waals surface area contributed by atoms with Crippen molar-refractivity contribution in [2.75, 3.05) is 109 Å². The minimum Gasteiger partial charge on any atom is -0.462 e. The summed E-state index contributed by atoms with van der Waals surface area (Å²) in [5.41, 5.74) is 7.24. The first kappa shape index (κ1) is 71.9. The Morgan fingerprint density at radius 1 is 0.466 bits per heavy atom. The number of fused-ring (bicyclic) bond motifs is 6. The van der Waals surface area contributed by atoms with Crippen molar-refractivity contribution >= 4 is 109 Å². The van der Waals surface area contributed by atoms with Crippen molar-refractivity contribution in [2.45, 2.75) is 19.0 Å². The Morgan fingerprint density at radius 3 is 1.15 bits per heavy atom. The number of esters is 2. The Morgan fingerprint density at radius 2 is 0.796 bits per heavy atom. The van der Waals surface area contributed by atoms with E-state index in [2.05, 4.69) is 63.7 Å². The Kier molecular flexibility index (Phi) is 23.2. The molecule has 3 N–H and O–H groups in total. The van der Waals surface area contributed by atoms with Crippen LogP contribution in [0.5, 0.6) is 34.5 Å². The summed E-state index contributed by atoms with van der Waals surface area (Å²) < 4.78 is 54.5. The van der Waals surface area contributed by atoms with E-state index < -0.39 is 33.1 Å². The zero-order valence-electron chi connectivity index (χ0n) is 55.7. The molecule has 6 aromatic carbocycles. The number of amidine groups is 3. The van der Waals surface area contributed by atoms with Gasteiger partial charge < -0.3 is 53.5 Å². The number of ether oxygens (including phenoxy) is 5. The number of carbonyl (C=O) groups is 3. The van der Waals surface area contributed by atoms with Gasteiger partial charge in [0, 0.05) is 131 Å². The zero-order chi connectivity index (χ0) is 72.0. The number of carbonyl (C=O) groups excluding carboxylic acids is 3. The lowest BCUT2D eigenvalue weighted by Crippen LogP contribution is -2.49. The van der Waals surface area contributed by atoms with Crippen molar-refractivity contribution in [3.05, 3.63) is 213 Å². The van der Waals surface area contributed by atoms with Crippen LogP contribution in [0.25, 0.3) is 0 Å². The molecule has 6 aliphatic rings. The average Bonchev–Trinajstić information content (AvgIpc) is 1.70. The van der Waals surface area contributed by atoms with Crippen LogP contribution >= 0.6 is 34.8 Å². The Balaban J connectivity index is 0.000000134. The van der Waals surface area contributed by atoms with Crippen molar-refractivity contribution in [3.8, 4) is 34.5 Å². The summed E-state index contributed by atoms with van der Waals surface area (Å²) in [7, 11) is -2.93. The highest BCUT2D eigenvalue weighted by Gasteiger charge is 2.31. The number of aromatic nitrogens is 6. The number of hydroxylamine groups is 1. The molecule has 0 saturated carbocycles. The predicted molar refractivity (Wildman–Crippen MR) is 386 cm³/mol. The number of nitrogens with zero attached hydrogens (tertiary/aromatic N) is 14. The molecule has 1 amide bonds. The summed E-state index contributed by atoms with van der Waals surface area (Å²) in [6, 6.07) is 40.1. The Bertz CT molecular complexity index is 4770. The van der Waals surface area contributed by atoms with E-state index in [-0.39, 0.29) is 17.7 Å². The van der Waals surface area contributed by atoms with E-state index in [1.807, 2.05) is 132 Å². The Labute approximate surface area is 607 Å². The second-order valence-electron chi connectivity index (χ2n) is 22.9. The lowest BCUT2D eigenvalue weighted by Gasteiger charge is -2.36. The van der Waals surface area contributed by atoms with Crippen LogP contribution in [0.15, 0.2) is 185 Å². The number of halogens is 3. The van der Waals surface area contributed by atoms with E-state index in [0.717, 1.165) is 127 Å². The molecule has 28 nitrogen and oxygen atoms in total. The van der Waals surface area contributed by atoms with E-state index in [4.69, 9.17) is 73.9 Å². The average molecular weight is 1470 g/mol. The molecule has 9 heterocycles. The molecule has 103 heavy (non-hydrogen) atoms. The molecule has 32 heteroatoms. The number of rotatable bonds is 9. The van der Waals surface area contributed by atoms with Gasteiger partial charge in [-0.3, -0.25) is 14.2 Å². The van der Waals surface area contributed by atoms with E-state index in [0.29, 0.717) is 95.7 Å². The van der Waals surface area contributed by atoms with Gasteiger partial charge in [-0.05, 0) is 105 Å². The molecule has 0 radical (unpaired) electrons. The molecule has 15 rings (SSSR count). The second kappa shape index (κ2) is 33.3. The summed E-state index contributed by atoms with van der Waals surface area (Å²) in [5, 5.41) is 13.5.